The highest BCUT2D eigenvalue weighted by atomic mass is 14.0. The normalized spacial score (nSPS) is 12.6. The molecule has 0 saturated heterocycles. The molecular formula is C11H22. The highest BCUT2D eigenvalue weighted by molar-refractivity contribution is 4.97. The molecule has 11 heavy (non-hydrogen) atoms. The zero-order valence-corrected chi connectivity index (χ0v) is 8.48. The van der Waals surface area contributed by atoms with Gasteiger partial charge in [0.25, 0.3) is 0 Å². The van der Waals surface area contributed by atoms with Gasteiger partial charge in [-0.3, -0.25) is 0 Å². The minimum Gasteiger partial charge on any atom is -0.0856 e. The maximum absolute atomic E-state index is 2.39. The lowest BCUT2D eigenvalue weighted by atomic mass is 10.1. The van der Waals surface area contributed by atoms with Crippen molar-refractivity contribution < 1.29 is 0 Å². The van der Waals surface area contributed by atoms with Crippen molar-refractivity contribution >= 4 is 0 Å². The van der Waals surface area contributed by atoms with Crippen LogP contribution >= 0.6 is 0 Å². The van der Waals surface area contributed by atoms with E-state index >= 15 is 0 Å². The van der Waals surface area contributed by atoms with Crippen LogP contribution < -0.4 is 0 Å². The lowest BCUT2D eigenvalue weighted by Crippen LogP contribution is -1.85. The number of rotatable bonds is 5. The SMILES string of the molecule is CCC/C(C)=C/CCC(C)C. The smallest absolute Gasteiger partial charge is 0.0326 e. The summed E-state index contributed by atoms with van der Waals surface area (Å²) in [7, 11) is 0. The van der Waals surface area contributed by atoms with Gasteiger partial charge in [0.05, 0.1) is 0 Å². The molecule has 0 aromatic carbocycles. The summed E-state index contributed by atoms with van der Waals surface area (Å²) < 4.78 is 0. The van der Waals surface area contributed by atoms with E-state index in [1.54, 1.807) is 5.57 Å². The molecule has 0 nitrogen and oxygen atoms in total. The second kappa shape index (κ2) is 6.45. The fourth-order valence-electron chi connectivity index (χ4n) is 1.16. The van der Waals surface area contributed by atoms with E-state index in [-0.39, 0.29) is 0 Å². The predicted octanol–water partition coefficient (Wildman–Crippen LogP) is 4.17. The van der Waals surface area contributed by atoms with Gasteiger partial charge in [0, 0.05) is 0 Å². The minimum atomic E-state index is 0.848. The van der Waals surface area contributed by atoms with Gasteiger partial charge in [-0.1, -0.05) is 38.8 Å². The molecule has 0 spiro atoms. The van der Waals surface area contributed by atoms with Gasteiger partial charge >= 0.3 is 0 Å². The molecule has 0 atom stereocenters. The predicted molar refractivity (Wildman–Crippen MR) is 52.7 cm³/mol. The van der Waals surface area contributed by atoms with Gasteiger partial charge in [-0.2, -0.15) is 0 Å². The van der Waals surface area contributed by atoms with Crippen LogP contribution in [-0.2, 0) is 0 Å². The quantitative estimate of drug-likeness (QED) is 0.521. The first-order valence-corrected chi connectivity index (χ1v) is 4.82. The van der Waals surface area contributed by atoms with Crippen molar-refractivity contribution in [1.82, 2.24) is 0 Å². The Balaban J connectivity index is 3.39. The first-order valence-electron chi connectivity index (χ1n) is 4.82. The van der Waals surface area contributed by atoms with Crippen LogP contribution in [0.25, 0.3) is 0 Å². The molecular weight excluding hydrogens is 132 g/mol. The molecule has 0 bridgehead atoms. The first-order chi connectivity index (χ1) is 5.16. The van der Waals surface area contributed by atoms with Gasteiger partial charge in [0.1, 0.15) is 0 Å². The summed E-state index contributed by atoms with van der Waals surface area (Å²) in [6, 6.07) is 0. The summed E-state index contributed by atoms with van der Waals surface area (Å²) in [5.74, 6) is 0.848. The molecule has 0 heteroatoms. The highest BCUT2D eigenvalue weighted by Gasteiger charge is 1.91. The van der Waals surface area contributed by atoms with Crippen LogP contribution in [0.15, 0.2) is 11.6 Å². The number of allylic oxidation sites excluding steroid dienone is 2. The minimum absolute atomic E-state index is 0.848. The highest BCUT2D eigenvalue weighted by Crippen LogP contribution is 2.09. The van der Waals surface area contributed by atoms with E-state index < -0.39 is 0 Å². The van der Waals surface area contributed by atoms with Gasteiger partial charge in [0.2, 0.25) is 0 Å². The van der Waals surface area contributed by atoms with Gasteiger partial charge in [-0.25, -0.2) is 0 Å². The molecule has 0 aliphatic rings. The molecule has 0 aliphatic heterocycles. The van der Waals surface area contributed by atoms with E-state index in [1.807, 2.05) is 0 Å². The van der Waals surface area contributed by atoms with Crippen molar-refractivity contribution in [3.05, 3.63) is 11.6 Å². The number of hydrogen-bond donors (Lipinski definition) is 0. The Morgan fingerprint density at radius 2 is 2.00 bits per heavy atom. The van der Waals surface area contributed by atoms with E-state index in [1.165, 1.54) is 25.7 Å². The average molecular weight is 154 g/mol. The Labute approximate surface area is 71.7 Å². The third kappa shape index (κ3) is 7.64. The van der Waals surface area contributed by atoms with Gasteiger partial charge in [-0.05, 0) is 32.1 Å². The lowest BCUT2D eigenvalue weighted by molar-refractivity contribution is 0.592. The fourth-order valence-corrected chi connectivity index (χ4v) is 1.16. The van der Waals surface area contributed by atoms with Crippen molar-refractivity contribution in [3.8, 4) is 0 Å². The third-order valence-electron chi connectivity index (χ3n) is 1.88. The van der Waals surface area contributed by atoms with E-state index in [0.29, 0.717) is 0 Å². The zero-order chi connectivity index (χ0) is 8.69. The molecule has 0 amide bonds. The van der Waals surface area contributed by atoms with Crippen LogP contribution in [0, 0.1) is 5.92 Å². The summed E-state index contributed by atoms with van der Waals surface area (Å²) in [4.78, 5) is 0. The second-order valence-electron chi connectivity index (χ2n) is 3.77. The van der Waals surface area contributed by atoms with Gasteiger partial charge in [-0.15, -0.1) is 0 Å². The number of hydrogen-bond acceptors (Lipinski definition) is 0. The van der Waals surface area contributed by atoms with Gasteiger partial charge in [0.15, 0.2) is 0 Å². The molecule has 0 saturated carbocycles. The maximum atomic E-state index is 2.39. The van der Waals surface area contributed by atoms with Crippen molar-refractivity contribution in [1.29, 1.82) is 0 Å². The zero-order valence-electron chi connectivity index (χ0n) is 8.48. The largest absolute Gasteiger partial charge is 0.0856 e. The molecule has 0 unspecified atom stereocenters. The van der Waals surface area contributed by atoms with Crippen LogP contribution in [0.5, 0.6) is 0 Å². The Kier molecular flexibility index (Phi) is 6.30. The molecule has 0 N–H and O–H groups in total. The molecule has 0 aliphatic carbocycles. The Morgan fingerprint density at radius 1 is 1.36 bits per heavy atom. The van der Waals surface area contributed by atoms with Crippen molar-refractivity contribution in [2.75, 3.05) is 0 Å². The molecule has 66 valence electrons. The monoisotopic (exact) mass is 154 g/mol. The molecule has 0 aromatic heterocycles. The maximum Gasteiger partial charge on any atom is -0.0326 e. The summed E-state index contributed by atoms with van der Waals surface area (Å²) in [5.41, 5.74) is 1.56. The lowest BCUT2D eigenvalue weighted by Gasteiger charge is -2.01. The summed E-state index contributed by atoms with van der Waals surface area (Å²) >= 11 is 0. The van der Waals surface area contributed by atoms with Crippen molar-refractivity contribution in [2.45, 2.75) is 53.4 Å². The first kappa shape index (κ1) is 10.7. The Hall–Kier alpha value is -0.260. The van der Waals surface area contributed by atoms with Crippen LogP contribution in [0.3, 0.4) is 0 Å². The molecule has 0 radical (unpaired) electrons. The van der Waals surface area contributed by atoms with Crippen molar-refractivity contribution in [2.24, 2.45) is 5.92 Å². The summed E-state index contributed by atoms with van der Waals surface area (Å²) in [6.45, 7) is 9.04. The Bertz CT molecular complexity index is 109. The van der Waals surface area contributed by atoms with E-state index in [0.717, 1.165) is 5.92 Å². The van der Waals surface area contributed by atoms with Gasteiger partial charge < -0.3 is 0 Å². The van der Waals surface area contributed by atoms with Crippen LogP contribution in [0.2, 0.25) is 0 Å². The van der Waals surface area contributed by atoms with E-state index in [4.69, 9.17) is 0 Å². The summed E-state index contributed by atoms with van der Waals surface area (Å²) in [5, 5.41) is 0. The fraction of sp³-hybridized carbons (Fsp3) is 0.818. The standard InChI is InChI=1S/C11H22/c1-5-7-11(4)9-6-8-10(2)3/h9-10H,5-8H2,1-4H3/b11-9+. The summed E-state index contributed by atoms with van der Waals surface area (Å²) in [6.07, 6.45) is 7.55. The molecule has 0 fully saturated rings. The average Bonchev–Trinajstić information content (AvgIpc) is 1.87. The van der Waals surface area contributed by atoms with Crippen LogP contribution in [0.1, 0.15) is 53.4 Å². The molecule has 0 aromatic rings. The Morgan fingerprint density at radius 3 is 2.45 bits per heavy atom. The topological polar surface area (TPSA) is 0 Å². The third-order valence-corrected chi connectivity index (χ3v) is 1.88. The van der Waals surface area contributed by atoms with Crippen LogP contribution in [-0.4, -0.2) is 0 Å². The van der Waals surface area contributed by atoms with E-state index in [2.05, 4.69) is 33.8 Å². The molecule has 0 rings (SSSR count). The molecule has 0 heterocycles. The van der Waals surface area contributed by atoms with Crippen LogP contribution in [0.4, 0.5) is 0 Å². The van der Waals surface area contributed by atoms with E-state index in [9.17, 15) is 0 Å². The second-order valence-corrected chi connectivity index (χ2v) is 3.77. The van der Waals surface area contributed by atoms with Crippen molar-refractivity contribution in [3.63, 3.8) is 0 Å².